The second-order valence-corrected chi connectivity index (χ2v) is 5.56. The molecule has 3 amide bonds. The van der Waals surface area contributed by atoms with Crippen molar-refractivity contribution in [3.8, 4) is 0 Å². The summed E-state index contributed by atoms with van der Waals surface area (Å²) in [5.74, 6) is -0.580. The topological polar surface area (TPSA) is 61.4 Å². The molecule has 5 nitrogen and oxygen atoms in total. The molecule has 0 bridgehead atoms. The first-order valence-corrected chi connectivity index (χ1v) is 8.16. The Kier molecular flexibility index (Phi) is 6.95. The fourth-order valence-electron chi connectivity index (χ4n) is 2.24. The van der Waals surface area contributed by atoms with E-state index in [1.807, 2.05) is 37.3 Å². The molecule has 2 aromatic rings. The third kappa shape index (κ3) is 6.25. The average Bonchev–Trinajstić information content (AvgIpc) is 2.64. The Bertz CT molecular complexity index is 690. The Labute approximate surface area is 146 Å². The molecule has 0 unspecified atom stereocenters. The summed E-state index contributed by atoms with van der Waals surface area (Å²) in [6.45, 7) is 2.91. The lowest BCUT2D eigenvalue weighted by Gasteiger charge is -2.21. The number of hydrogen-bond acceptors (Lipinski definition) is 2. The first-order chi connectivity index (χ1) is 12.1. The van der Waals surface area contributed by atoms with Crippen molar-refractivity contribution in [3.63, 3.8) is 0 Å². The molecule has 0 radical (unpaired) electrons. The average molecular weight is 343 g/mol. The van der Waals surface area contributed by atoms with E-state index >= 15 is 0 Å². The standard InChI is InChI=1S/C19H22FN3O2/c1-2-23(19(25)22-13-15-6-4-3-5-7-15)14-18(24)21-12-16-8-10-17(20)11-9-16/h3-11H,2,12-14H2,1H3,(H,21,24)(H,22,25). The van der Waals surface area contributed by atoms with Gasteiger partial charge in [0.2, 0.25) is 5.91 Å². The Hall–Kier alpha value is -2.89. The molecule has 0 fully saturated rings. The molecule has 0 aliphatic heterocycles. The van der Waals surface area contributed by atoms with Crippen molar-refractivity contribution in [1.29, 1.82) is 0 Å². The Morgan fingerprint density at radius 3 is 2.16 bits per heavy atom. The molecule has 0 aliphatic rings. The number of amides is 3. The minimum atomic E-state index is -0.317. The van der Waals surface area contributed by atoms with E-state index in [2.05, 4.69) is 10.6 Å². The van der Waals surface area contributed by atoms with Crippen LogP contribution in [-0.4, -0.2) is 29.9 Å². The maximum absolute atomic E-state index is 12.8. The number of hydrogen-bond donors (Lipinski definition) is 2. The molecule has 6 heteroatoms. The smallest absolute Gasteiger partial charge is 0.318 e. The van der Waals surface area contributed by atoms with Crippen molar-refractivity contribution in [2.24, 2.45) is 0 Å². The summed E-state index contributed by atoms with van der Waals surface area (Å²) < 4.78 is 12.8. The molecule has 0 spiro atoms. The van der Waals surface area contributed by atoms with Crippen LogP contribution in [0.15, 0.2) is 54.6 Å². The zero-order valence-corrected chi connectivity index (χ0v) is 14.2. The normalized spacial score (nSPS) is 10.2. The lowest BCUT2D eigenvalue weighted by Crippen LogP contribution is -2.45. The first kappa shape index (κ1) is 18.4. The van der Waals surface area contributed by atoms with Crippen LogP contribution >= 0.6 is 0 Å². The largest absolute Gasteiger partial charge is 0.350 e. The van der Waals surface area contributed by atoms with Crippen molar-refractivity contribution in [1.82, 2.24) is 15.5 Å². The molecule has 0 heterocycles. The predicted octanol–water partition coefficient (Wildman–Crippen LogP) is 2.67. The minimum absolute atomic E-state index is 0.0294. The van der Waals surface area contributed by atoms with Crippen molar-refractivity contribution < 1.29 is 14.0 Å². The number of halogens is 1. The fourth-order valence-corrected chi connectivity index (χ4v) is 2.24. The maximum atomic E-state index is 12.8. The monoisotopic (exact) mass is 343 g/mol. The van der Waals surface area contributed by atoms with Gasteiger partial charge >= 0.3 is 6.03 Å². The Morgan fingerprint density at radius 1 is 0.920 bits per heavy atom. The van der Waals surface area contributed by atoms with Gasteiger partial charge in [-0.05, 0) is 30.2 Å². The maximum Gasteiger partial charge on any atom is 0.318 e. The number of rotatable bonds is 7. The predicted molar refractivity (Wildman–Crippen MR) is 94.2 cm³/mol. The third-order valence-electron chi connectivity index (χ3n) is 3.69. The summed E-state index contributed by atoms with van der Waals surface area (Å²) in [5.41, 5.74) is 1.79. The molecule has 0 atom stereocenters. The summed E-state index contributed by atoms with van der Waals surface area (Å²) in [5, 5.41) is 5.53. The summed E-state index contributed by atoms with van der Waals surface area (Å²) >= 11 is 0. The van der Waals surface area contributed by atoms with Gasteiger partial charge in [0.05, 0.1) is 0 Å². The molecule has 2 rings (SSSR count). The van der Waals surface area contributed by atoms with Gasteiger partial charge in [0.1, 0.15) is 12.4 Å². The van der Waals surface area contributed by atoms with E-state index in [9.17, 15) is 14.0 Å². The first-order valence-electron chi connectivity index (χ1n) is 8.16. The molecule has 2 N–H and O–H groups in total. The van der Waals surface area contributed by atoms with Crippen LogP contribution in [0.4, 0.5) is 9.18 Å². The van der Waals surface area contributed by atoms with Crippen molar-refractivity contribution in [2.75, 3.05) is 13.1 Å². The number of benzene rings is 2. The van der Waals surface area contributed by atoms with Crippen molar-refractivity contribution in [2.45, 2.75) is 20.0 Å². The van der Waals surface area contributed by atoms with Crippen LogP contribution in [0, 0.1) is 5.82 Å². The lowest BCUT2D eigenvalue weighted by atomic mass is 10.2. The van der Waals surface area contributed by atoms with Gasteiger partial charge in [-0.15, -0.1) is 0 Å². The number of urea groups is 1. The fraction of sp³-hybridized carbons (Fsp3) is 0.263. The van der Waals surface area contributed by atoms with Crippen LogP contribution in [0.2, 0.25) is 0 Å². The molecular weight excluding hydrogens is 321 g/mol. The van der Waals surface area contributed by atoms with Crippen molar-refractivity contribution >= 4 is 11.9 Å². The van der Waals surface area contributed by atoms with E-state index in [0.717, 1.165) is 11.1 Å². The SMILES string of the molecule is CCN(CC(=O)NCc1ccc(F)cc1)C(=O)NCc1ccccc1. The lowest BCUT2D eigenvalue weighted by molar-refractivity contribution is -0.121. The van der Waals surface area contributed by atoms with E-state index in [-0.39, 0.29) is 24.3 Å². The summed E-state index contributed by atoms with van der Waals surface area (Å²) in [7, 11) is 0. The highest BCUT2D eigenvalue weighted by Crippen LogP contribution is 2.02. The Balaban J connectivity index is 1.78. The Morgan fingerprint density at radius 2 is 1.52 bits per heavy atom. The molecule has 25 heavy (non-hydrogen) atoms. The highest BCUT2D eigenvalue weighted by molar-refractivity contribution is 5.84. The second kappa shape index (κ2) is 9.42. The van der Waals surface area contributed by atoms with Gasteiger partial charge in [-0.25, -0.2) is 9.18 Å². The molecule has 2 aromatic carbocycles. The highest BCUT2D eigenvalue weighted by Gasteiger charge is 2.15. The molecule has 0 saturated heterocycles. The number of nitrogens with one attached hydrogen (secondary N) is 2. The highest BCUT2D eigenvalue weighted by atomic mass is 19.1. The van der Waals surface area contributed by atoms with Crippen LogP contribution in [0.25, 0.3) is 0 Å². The van der Waals surface area contributed by atoms with Gasteiger partial charge in [-0.1, -0.05) is 42.5 Å². The minimum Gasteiger partial charge on any atom is -0.350 e. The van der Waals surface area contributed by atoms with Crippen molar-refractivity contribution in [3.05, 3.63) is 71.5 Å². The van der Waals surface area contributed by atoms with Gasteiger partial charge in [-0.3, -0.25) is 4.79 Å². The van der Waals surface area contributed by atoms with E-state index < -0.39 is 0 Å². The van der Waals surface area contributed by atoms with E-state index in [1.54, 1.807) is 12.1 Å². The van der Waals surface area contributed by atoms with E-state index in [0.29, 0.717) is 19.6 Å². The molecule has 132 valence electrons. The summed E-state index contributed by atoms with van der Waals surface area (Å²) in [4.78, 5) is 25.6. The number of likely N-dealkylation sites (N-methyl/N-ethyl adjacent to an activating group) is 1. The van der Waals surface area contributed by atoms with Crippen LogP contribution in [-0.2, 0) is 17.9 Å². The van der Waals surface area contributed by atoms with Crippen LogP contribution in [0.5, 0.6) is 0 Å². The van der Waals surface area contributed by atoms with E-state index in [1.165, 1.54) is 17.0 Å². The van der Waals surface area contributed by atoms with Crippen LogP contribution < -0.4 is 10.6 Å². The van der Waals surface area contributed by atoms with E-state index in [4.69, 9.17) is 0 Å². The number of carbonyl (C=O) groups excluding carboxylic acids is 2. The second-order valence-electron chi connectivity index (χ2n) is 5.56. The van der Waals surface area contributed by atoms with Gasteiger partial charge in [-0.2, -0.15) is 0 Å². The van der Waals surface area contributed by atoms with Crippen LogP contribution in [0.1, 0.15) is 18.1 Å². The molecule has 0 aliphatic carbocycles. The van der Waals surface area contributed by atoms with Crippen LogP contribution in [0.3, 0.4) is 0 Å². The third-order valence-corrected chi connectivity index (χ3v) is 3.69. The molecular formula is C19H22FN3O2. The molecule has 0 saturated carbocycles. The number of nitrogens with zero attached hydrogens (tertiary/aromatic N) is 1. The van der Waals surface area contributed by atoms with Gasteiger partial charge in [0.15, 0.2) is 0 Å². The summed E-state index contributed by atoms with van der Waals surface area (Å²) in [6.07, 6.45) is 0. The van der Waals surface area contributed by atoms with Gasteiger partial charge < -0.3 is 15.5 Å². The van der Waals surface area contributed by atoms with Gasteiger partial charge in [0, 0.05) is 19.6 Å². The zero-order valence-electron chi connectivity index (χ0n) is 14.2. The quantitative estimate of drug-likeness (QED) is 0.812. The van der Waals surface area contributed by atoms with Gasteiger partial charge in [0.25, 0.3) is 0 Å². The zero-order chi connectivity index (χ0) is 18.1. The number of carbonyl (C=O) groups is 2. The summed E-state index contributed by atoms with van der Waals surface area (Å²) in [6, 6.07) is 15.2. The molecule has 0 aromatic heterocycles.